The molecule has 1 rings (SSSR count). The lowest BCUT2D eigenvalue weighted by Crippen LogP contribution is -2.67. The Bertz CT molecular complexity index is 276. The fraction of sp³-hybridized carbons (Fsp3) is 0.750. The van der Waals surface area contributed by atoms with Crippen LogP contribution in [0.3, 0.4) is 0 Å². The highest BCUT2D eigenvalue weighted by molar-refractivity contribution is 6.79. The average Bonchev–Trinajstić information content (AvgIpc) is 2.00. The molecule has 2 nitrogen and oxygen atoms in total. The van der Waals surface area contributed by atoms with Gasteiger partial charge in [-0.05, 0) is 11.5 Å². The summed E-state index contributed by atoms with van der Waals surface area (Å²) in [6.07, 6.45) is 3.59. The molecule has 0 N–H and O–H groups in total. The molecule has 0 aliphatic carbocycles. The number of amides is 1. The molecule has 1 aliphatic heterocycles. The van der Waals surface area contributed by atoms with E-state index in [4.69, 9.17) is 0 Å². The van der Waals surface area contributed by atoms with Crippen molar-refractivity contribution in [2.75, 3.05) is 0 Å². The topological polar surface area (TPSA) is 20.3 Å². The first-order valence-corrected chi connectivity index (χ1v) is 8.59. The normalized spacial score (nSPS) is 22.6. The number of carbonyl (C=O) groups is 1. The van der Waals surface area contributed by atoms with Gasteiger partial charge in [-0.2, -0.15) is 0 Å². The van der Waals surface area contributed by atoms with Crippen LogP contribution >= 0.6 is 0 Å². The van der Waals surface area contributed by atoms with E-state index in [1.54, 1.807) is 0 Å². The molecule has 0 spiro atoms. The molecule has 15 heavy (non-hydrogen) atoms. The van der Waals surface area contributed by atoms with Crippen LogP contribution in [-0.4, -0.2) is 24.7 Å². The van der Waals surface area contributed by atoms with E-state index in [1.165, 1.54) is 0 Å². The van der Waals surface area contributed by atoms with Crippen LogP contribution in [0.25, 0.3) is 0 Å². The summed E-state index contributed by atoms with van der Waals surface area (Å²) in [5.74, 6) is 0.341. The van der Waals surface area contributed by atoms with Gasteiger partial charge in [0.05, 0.1) is 0 Å². The predicted octanol–water partition coefficient (Wildman–Crippen LogP) is 3.17. The number of hydrogen-bond acceptors (Lipinski definition) is 1. The van der Waals surface area contributed by atoms with E-state index in [1.807, 2.05) is 6.08 Å². The molecule has 3 heteroatoms. The highest BCUT2D eigenvalue weighted by atomic mass is 28.3. The Hall–Kier alpha value is -0.573. The summed E-state index contributed by atoms with van der Waals surface area (Å²) in [5.41, 5.74) is 0. The standard InChI is InChI=1S/C12H23NOSi/c1-7-8-10-9-11(14)13(10)15(5,6)12(2,3)4/h7,10H,1,8-9H2,2-6H3. The van der Waals surface area contributed by atoms with Crippen LogP contribution in [0.1, 0.15) is 33.6 Å². The number of nitrogens with zero attached hydrogens (tertiary/aromatic N) is 1. The zero-order valence-corrected chi connectivity index (χ0v) is 11.6. The maximum absolute atomic E-state index is 11.7. The van der Waals surface area contributed by atoms with Crippen molar-refractivity contribution in [3.05, 3.63) is 12.7 Å². The largest absolute Gasteiger partial charge is 0.366 e. The number of β-lactam (4-membered cyclic amide) rings is 1. The van der Waals surface area contributed by atoms with Crippen LogP contribution in [0.15, 0.2) is 12.7 Å². The molecule has 1 aliphatic rings. The summed E-state index contributed by atoms with van der Waals surface area (Å²) in [6, 6.07) is 0.427. The van der Waals surface area contributed by atoms with Gasteiger partial charge in [-0.3, -0.25) is 4.79 Å². The third kappa shape index (κ3) is 2.02. The highest BCUT2D eigenvalue weighted by Crippen LogP contribution is 2.43. The number of rotatable bonds is 3. The van der Waals surface area contributed by atoms with Crippen molar-refractivity contribution in [1.29, 1.82) is 0 Å². The van der Waals surface area contributed by atoms with Crippen LogP contribution in [-0.2, 0) is 4.79 Å². The Balaban J connectivity index is 2.86. The quantitative estimate of drug-likeness (QED) is 0.410. The van der Waals surface area contributed by atoms with Crippen molar-refractivity contribution < 1.29 is 4.79 Å². The molecule has 1 heterocycles. The molecule has 0 radical (unpaired) electrons. The Kier molecular flexibility index (Phi) is 3.15. The minimum absolute atomic E-state index is 0.239. The summed E-state index contributed by atoms with van der Waals surface area (Å²) in [6.45, 7) is 15.1. The van der Waals surface area contributed by atoms with Gasteiger partial charge in [-0.25, -0.2) is 0 Å². The number of carbonyl (C=O) groups excluding carboxylic acids is 1. The maximum Gasteiger partial charge on any atom is 0.216 e. The Morgan fingerprint density at radius 1 is 1.53 bits per heavy atom. The van der Waals surface area contributed by atoms with E-state index in [0.29, 0.717) is 11.9 Å². The summed E-state index contributed by atoms with van der Waals surface area (Å²) in [5, 5.41) is 0.239. The third-order valence-corrected chi connectivity index (χ3v) is 9.41. The van der Waals surface area contributed by atoms with E-state index in [-0.39, 0.29) is 5.04 Å². The second-order valence-electron chi connectivity index (χ2n) is 5.96. The predicted molar refractivity (Wildman–Crippen MR) is 67.3 cm³/mol. The molecular formula is C12H23NOSi. The molecule has 86 valence electrons. The van der Waals surface area contributed by atoms with Gasteiger partial charge in [-0.15, -0.1) is 6.58 Å². The average molecular weight is 225 g/mol. The van der Waals surface area contributed by atoms with Crippen LogP contribution in [0.2, 0.25) is 18.1 Å². The van der Waals surface area contributed by atoms with Gasteiger partial charge in [0.2, 0.25) is 5.91 Å². The lowest BCUT2D eigenvalue weighted by molar-refractivity contribution is -0.138. The van der Waals surface area contributed by atoms with E-state index >= 15 is 0 Å². The van der Waals surface area contributed by atoms with Crippen molar-refractivity contribution in [3.63, 3.8) is 0 Å². The SMILES string of the molecule is C=CCC1CC(=O)N1[Si](C)(C)C(C)(C)C. The van der Waals surface area contributed by atoms with Gasteiger partial charge in [0.15, 0.2) is 8.24 Å². The second-order valence-corrected chi connectivity index (χ2v) is 11.1. The molecular weight excluding hydrogens is 202 g/mol. The van der Waals surface area contributed by atoms with Gasteiger partial charge >= 0.3 is 0 Å². The van der Waals surface area contributed by atoms with Crippen LogP contribution in [0.4, 0.5) is 0 Å². The molecule has 0 aromatic rings. The summed E-state index contributed by atoms with van der Waals surface area (Å²) in [7, 11) is -1.65. The molecule has 1 atom stereocenters. The van der Waals surface area contributed by atoms with Crippen molar-refractivity contribution in [2.45, 2.75) is 57.8 Å². The molecule has 1 fully saturated rings. The first-order chi connectivity index (χ1) is 6.71. The summed E-state index contributed by atoms with van der Waals surface area (Å²) >= 11 is 0. The van der Waals surface area contributed by atoms with Gasteiger partial charge in [0.1, 0.15) is 0 Å². The van der Waals surface area contributed by atoms with Gasteiger partial charge in [-0.1, -0.05) is 39.9 Å². The Labute approximate surface area is 94.4 Å². The Morgan fingerprint density at radius 2 is 2.07 bits per heavy atom. The van der Waals surface area contributed by atoms with Gasteiger partial charge in [0.25, 0.3) is 0 Å². The van der Waals surface area contributed by atoms with Crippen molar-refractivity contribution in [3.8, 4) is 0 Å². The minimum atomic E-state index is -1.65. The van der Waals surface area contributed by atoms with E-state index in [9.17, 15) is 4.79 Å². The van der Waals surface area contributed by atoms with Crippen LogP contribution < -0.4 is 0 Å². The molecule has 0 aromatic heterocycles. The van der Waals surface area contributed by atoms with Crippen LogP contribution in [0, 0.1) is 0 Å². The van der Waals surface area contributed by atoms with E-state index < -0.39 is 8.24 Å². The summed E-state index contributed by atoms with van der Waals surface area (Å²) in [4.78, 5) is 11.7. The fourth-order valence-corrected chi connectivity index (χ4v) is 4.54. The maximum atomic E-state index is 11.7. The zero-order valence-electron chi connectivity index (χ0n) is 10.6. The lowest BCUT2D eigenvalue weighted by Gasteiger charge is -2.54. The van der Waals surface area contributed by atoms with Crippen molar-refractivity contribution >= 4 is 14.1 Å². The van der Waals surface area contributed by atoms with Crippen molar-refractivity contribution in [2.24, 2.45) is 0 Å². The van der Waals surface area contributed by atoms with E-state index in [2.05, 4.69) is 45.0 Å². The smallest absolute Gasteiger partial charge is 0.216 e. The molecule has 0 bridgehead atoms. The highest BCUT2D eigenvalue weighted by Gasteiger charge is 2.51. The summed E-state index contributed by atoms with van der Waals surface area (Å²) < 4.78 is 2.18. The molecule has 1 saturated heterocycles. The van der Waals surface area contributed by atoms with Gasteiger partial charge in [0, 0.05) is 12.5 Å². The Morgan fingerprint density at radius 3 is 2.40 bits per heavy atom. The molecule has 1 amide bonds. The van der Waals surface area contributed by atoms with Crippen molar-refractivity contribution in [1.82, 2.24) is 4.57 Å². The van der Waals surface area contributed by atoms with E-state index in [0.717, 1.165) is 12.8 Å². The second kappa shape index (κ2) is 3.78. The lowest BCUT2D eigenvalue weighted by atomic mass is 10.0. The first-order valence-electron chi connectivity index (χ1n) is 5.65. The zero-order chi connectivity index (χ0) is 11.9. The van der Waals surface area contributed by atoms with Crippen LogP contribution in [0.5, 0.6) is 0 Å². The molecule has 0 saturated carbocycles. The fourth-order valence-electron chi connectivity index (χ4n) is 1.99. The minimum Gasteiger partial charge on any atom is -0.366 e. The molecule has 0 aromatic carbocycles. The first kappa shape index (κ1) is 12.5. The monoisotopic (exact) mass is 225 g/mol. The van der Waals surface area contributed by atoms with Gasteiger partial charge < -0.3 is 4.57 Å². The molecule has 1 unspecified atom stereocenters. The third-order valence-electron chi connectivity index (χ3n) is 3.92. The number of hydrogen-bond donors (Lipinski definition) is 0.